The van der Waals surface area contributed by atoms with Gasteiger partial charge in [0.2, 0.25) is 11.8 Å². The van der Waals surface area contributed by atoms with Crippen LogP contribution in [0.4, 0.5) is 5.13 Å². The van der Waals surface area contributed by atoms with Crippen molar-refractivity contribution in [1.82, 2.24) is 9.88 Å². The van der Waals surface area contributed by atoms with E-state index in [1.165, 1.54) is 37.0 Å². The molecule has 1 aliphatic rings. The van der Waals surface area contributed by atoms with Gasteiger partial charge in [-0.25, -0.2) is 4.98 Å². The summed E-state index contributed by atoms with van der Waals surface area (Å²) in [6, 6.07) is 0. The molecular formula is C19H31N3O2S. The quantitative estimate of drug-likeness (QED) is 0.712. The average molecular weight is 366 g/mol. The van der Waals surface area contributed by atoms with Crippen LogP contribution in [0.1, 0.15) is 64.5 Å². The molecule has 1 fully saturated rings. The first kappa shape index (κ1) is 19.9. The van der Waals surface area contributed by atoms with Crippen molar-refractivity contribution < 1.29 is 9.59 Å². The van der Waals surface area contributed by atoms with Gasteiger partial charge < -0.3 is 10.2 Å². The molecule has 0 atom stereocenters. The van der Waals surface area contributed by atoms with Gasteiger partial charge in [0.05, 0.1) is 12.2 Å². The molecule has 1 heterocycles. The molecule has 1 saturated carbocycles. The molecule has 1 aliphatic carbocycles. The zero-order chi connectivity index (χ0) is 18.2. The van der Waals surface area contributed by atoms with Crippen LogP contribution in [0.5, 0.6) is 0 Å². The number of aryl methyl sites for hydroxylation is 1. The van der Waals surface area contributed by atoms with Gasteiger partial charge in [0.1, 0.15) is 0 Å². The van der Waals surface area contributed by atoms with Gasteiger partial charge in [-0.15, -0.1) is 11.3 Å². The van der Waals surface area contributed by atoms with Crippen LogP contribution in [0, 0.1) is 18.8 Å². The van der Waals surface area contributed by atoms with Crippen molar-refractivity contribution in [1.29, 1.82) is 0 Å². The predicted octanol–water partition coefficient (Wildman–Crippen LogP) is 4.24. The minimum absolute atomic E-state index is 0.109. The number of nitrogens with zero attached hydrogens (tertiary/aromatic N) is 2. The van der Waals surface area contributed by atoms with Crippen LogP contribution in [0.2, 0.25) is 0 Å². The summed E-state index contributed by atoms with van der Waals surface area (Å²) in [6.45, 7) is 6.94. The molecule has 25 heavy (non-hydrogen) atoms. The zero-order valence-electron chi connectivity index (χ0n) is 15.7. The van der Waals surface area contributed by atoms with E-state index in [-0.39, 0.29) is 18.4 Å². The van der Waals surface area contributed by atoms with Crippen molar-refractivity contribution in [3.05, 3.63) is 11.1 Å². The van der Waals surface area contributed by atoms with E-state index in [0.717, 1.165) is 18.5 Å². The van der Waals surface area contributed by atoms with Gasteiger partial charge in [-0.3, -0.25) is 9.59 Å². The summed E-state index contributed by atoms with van der Waals surface area (Å²) < 4.78 is 0. The van der Waals surface area contributed by atoms with Crippen LogP contribution < -0.4 is 5.32 Å². The maximum atomic E-state index is 12.6. The molecule has 5 nitrogen and oxygen atoms in total. The Morgan fingerprint density at radius 3 is 2.68 bits per heavy atom. The smallest absolute Gasteiger partial charge is 0.245 e. The van der Waals surface area contributed by atoms with E-state index in [1.807, 2.05) is 12.3 Å². The monoisotopic (exact) mass is 365 g/mol. The number of carbonyl (C=O) groups excluding carboxylic acids is 2. The van der Waals surface area contributed by atoms with E-state index < -0.39 is 0 Å². The number of nitrogens with one attached hydrogen (secondary N) is 1. The average Bonchev–Trinajstić information content (AvgIpc) is 3.20. The Labute approximate surface area is 155 Å². The summed E-state index contributed by atoms with van der Waals surface area (Å²) in [5.41, 5.74) is 0.893. The number of hydrogen-bond acceptors (Lipinski definition) is 4. The van der Waals surface area contributed by atoms with Crippen molar-refractivity contribution in [2.45, 2.75) is 65.7 Å². The molecule has 0 radical (unpaired) electrons. The molecular weight excluding hydrogens is 334 g/mol. The fourth-order valence-electron chi connectivity index (χ4n) is 3.23. The van der Waals surface area contributed by atoms with Crippen molar-refractivity contribution in [3.63, 3.8) is 0 Å². The molecule has 0 saturated heterocycles. The highest BCUT2D eigenvalue weighted by Crippen LogP contribution is 2.28. The van der Waals surface area contributed by atoms with E-state index in [2.05, 4.69) is 24.1 Å². The molecule has 1 N–H and O–H groups in total. The summed E-state index contributed by atoms with van der Waals surface area (Å²) >= 11 is 1.41. The molecule has 1 aromatic rings. The van der Waals surface area contributed by atoms with Gasteiger partial charge in [0.25, 0.3) is 0 Å². The van der Waals surface area contributed by atoms with E-state index in [1.54, 1.807) is 4.90 Å². The van der Waals surface area contributed by atoms with Crippen molar-refractivity contribution >= 4 is 28.3 Å². The lowest BCUT2D eigenvalue weighted by molar-refractivity contribution is -0.135. The van der Waals surface area contributed by atoms with E-state index in [9.17, 15) is 9.59 Å². The molecule has 140 valence electrons. The van der Waals surface area contributed by atoms with Gasteiger partial charge in [-0.2, -0.15) is 0 Å². The molecule has 0 bridgehead atoms. The third-order valence-electron chi connectivity index (χ3n) is 4.77. The summed E-state index contributed by atoms with van der Waals surface area (Å²) in [5.74, 6) is 1.16. The Bertz CT molecular complexity index is 565. The Hall–Kier alpha value is -1.43. The van der Waals surface area contributed by atoms with E-state index in [0.29, 0.717) is 29.9 Å². The second kappa shape index (κ2) is 9.90. The summed E-state index contributed by atoms with van der Waals surface area (Å²) in [5, 5.41) is 5.31. The highest BCUT2D eigenvalue weighted by atomic mass is 32.1. The normalized spacial score (nSPS) is 14.9. The molecule has 0 aliphatic heterocycles. The fourth-order valence-corrected chi connectivity index (χ4v) is 3.94. The number of thiazole rings is 1. The Morgan fingerprint density at radius 1 is 1.36 bits per heavy atom. The van der Waals surface area contributed by atoms with Crippen LogP contribution in [-0.2, 0) is 9.59 Å². The lowest BCUT2D eigenvalue weighted by Gasteiger charge is -2.23. The minimum atomic E-state index is -0.160. The van der Waals surface area contributed by atoms with Crippen LogP contribution >= 0.6 is 11.3 Å². The highest BCUT2D eigenvalue weighted by Gasteiger charge is 2.21. The summed E-state index contributed by atoms with van der Waals surface area (Å²) in [7, 11) is 0. The largest absolute Gasteiger partial charge is 0.333 e. The lowest BCUT2D eigenvalue weighted by atomic mass is 10.0. The van der Waals surface area contributed by atoms with Crippen LogP contribution in [0.15, 0.2) is 5.38 Å². The van der Waals surface area contributed by atoms with Crippen LogP contribution in [0.3, 0.4) is 0 Å². The van der Waals surface area contributed by atoms with Crippen LogP contribution in [-0.4, -0.2) is 34.8 Å². The topological polar surface area (TPSA) is 62.3 Å². The number of amides is 2. The Kier molecular flexibility index (Phi) is 7.88. The van der Waals surface area contributed by atoms with Crippen molar-refractivity contribution in [2.75, 3.05) is 18.4 Å². The predicted molar refractivity (Wildman–Crippen MR) is 103 cm³/mol. The van der Waals surface area contributed by atoms with E-state index >= 15 is 0 Å². The minimum Gasteiger partial charge on any atom is -0.333 e. The molecule has 0 aromatic carbocycles. The number of carbonyl (C=O) groups is 2. The van der Waals surface area contributed by atoms with Gasteiger partial charge in [-0.05, 0) is 31.6 Å². The summed E-state index contributed by atoms with van der Waals surface area (Å²) in [4.78, 5) is 30.9. The summed E-state index contributed by atoms with van der Waals surface area (Å²) in [6.07, 6.45) is 7.54. The van der Waals surface area contributed by atoms with Gasteiger partial charge >= 0.3 is 0 Å². The highest BCUT2D eigenvalue weighted by molar-refractivity contribution is 7.13. The number of rotatable bonds is 9. The maximum absolute atomic E-state index is 12.6. The van der Waals surface area contributed by atoms with Gasteiger partial charge in [-0.1, -0.05) is 39.5 Å². The Morgan fingerprint density at radius 2 is 2.08 bits per heavy atom. The van der Waals surface area contributed by atoms with Gasteiger partial charge in [0.15, 0.2) is 5.13 Å². The first-order chi connectivity index (χ1) is 11.9. The SMILES string of the molecule is Cc1csc(NC(=O)CN(CCC(C)C)C(=O)CCC2CCCC2)n1. The second-order valence-electron chi connectivity index (χ2n) is 7.53. The number of aromatic nitrogens is 1. The molecule has 2 amide bonds. The first-order valence-electron chi connectivity index (χ1n) is 9.43. The third-order valence-corrected chi connectivity index (χ3v) is 5.65. The third kappa shape index (κ3) is 7.14. The first-order valence-corrected chi connectivity index (χ1v) is 10.3. The maximum Gasteiger partial charge on any atom is 0.245 e. The van der Waals surface area contributed by atoms with Crippen molar-refractivity contribution in [2.24, 2.45) is 11.8 Å². The second-order valence-corrected chi connectivity index (χ2v) is 8.39. The van der Waals surface area contributed by atoms with Gasteiger partial charge in [0, 0.05) is 18.3 Å². The standard InChI is InChI=1S/C19H31N3O2S/c1-14(2)10-11-22(18(24)9-8-16-6-4-5-7-16)12-17(23)21-19-20-15(3)13-25-19/h13-14,16H,4-12H2,1-3H3,(H,20,21,23). The molecule has 6 heteroatoms. The molecule has 0 spiro atoms. The molecule has 0 unspecified atom stereocenters. The number of anilines is 1. The molecule has 2 rings (SSSR count). The molecule has 1 aromatic heterocycles. The van der Waals surface area contributed by atoms with Crippen LogP contribution in [0.25, 0.3) is 0 Å². The number of hydrogen-bond donors (Lipinski definition) is 1. The van der Waals surface area contributed by atoms with E-state index in [4.69, 9.17) is 0 Å². The Balaban J connectivity index is 1.86. The fraction of sp³-hybridized carbons (Fsp3) is 0.737. The van der Waals surface area contributed by atoms with Crippen molar-refractivity contribution in [3.8, 4) is 0 Å². The lowest BCUT2D eigenvalue weighted by Crippen LogP contribution is -2.39. The zero-order valence-corrected chi connectivity index (χ0v) is 16.5.